The fourth-order valence-electron chi connectivity index (χ4n) is 4.93. The van der Waals surface area contributed by atoms with Crippen molar-refractivity contribution in [2.75, 3.05) is 24.7 Å². The number of aromatic nitrogens is 6. The molecule has 0 spiro atoms. The van der Waals surface area contributed by atoms with Gasteiger partial charge in [0.25, 0.3) is 0 Å². The molecule has 0 amide bonds. The predicted molar refractivity (Wildman–Crippen MR) is 104 cm³/mol. The Hall–Kier alpha value is -2.48. The van der Waals surface area contributed by atoms with E-state index in [4.69, 9.17) is 19.8 Å². The zero-order chi connectivity index (χ0) is 18.8. The Bertz CT molecular complexity index is 1060. The maximum atomic E-state index is 5.64. The van der Waals surface area contributed by atoms with Crippen LogP contribution in [0, 0.1) is 6.92 Å². The molecule has 1 saturated carbocycles. The van der Waals surface area contributed by atoms with Gasteiger partial charge in [-0.15, -0.1) is 0 Å². The van der Waals surface area contributed by atoms with E-state index in [9.17, 15) is 0 Å². The van der Waals surface area contributed by atoms with Gasteiger partial charge in [-0.05, 0) is 26.2 Å². The van der Waals surface area contributed by atoms with E-state index in [1.165, 1.54) is 29.8 Å². The van der Waals surface area contributed by atoms with Gasteiger partial charge in [0.1, 0.15) is 17.7 Å². The number of fused-ring (bicyclic) bond motifs is 2. The number of imidazole rings is 1. The van der Waals surface area contributed by atoms with Crippen LogP contribution in [0.2, 0.25) is 0 Å². The number of anilines is 1. The average Bonchev–Trinajstić information content (AvgIpc) is 3.13. The molecule has 0 bridgehead atoms. The van der Waals surface area contributed by atoms with Crippen LogP contribution in [-0.2, 0) is 24.8 Å². The first-order valence-corrected chi connectivity index (χ1v) is 10.3. The van der Waals surface area contributed by atoms with Gasteiger partial charge >= 0.3 is 0 Å². The fraction of sp³-hybridized carbons (Fsp3) is 0.600. The molecule has 0 N–H and O–H groups in total. The van der Waals surface area contributed by atoms with Gasteiger partial charge in [0, 0.05) is 56.3 Å². The summed E-state index contributed by atoms with van der Waals surface area (Å²) in [4.78, 5) is 12.0. The van der Waals surface area contributed by atoms with Crippen LogP contribution in [0.25, 0.3) is 5.52 Å². The van der Waals surface area contributed by atoms with Crippen molar-refractivity contribution in [2.24, 2.45) is 7.05 Å². The van der Waals surface area contributed by atoms with Gasteiger partial charge in [-0.1, -0.05) is 0 Å². The lowest BCUT2D eigenvalue weighted by Crippen LogP contribution is -2.32. The second kappa shape index (κ2) is 6.01. The molecule has 1 aliphatic carbocycles. The van der Waals surface area contributed by atoms with Crippen LogP contribution in [-0.4, -0.2) is 49.1 Å². The lowest BCUT2D eigenvalue weighted by molar-refractivity contribution is 0.193. The van der Waals surface area contributed by atoms with Crippen molar-refractivity contribution >= 4 is 11.3 Å². The number of rotatable bonds is 3. The molecule has 1 saturated heterocycles. The van der Waals surface area contributed by atoms with Crippen LogP contribution in [0.15, 0.2) is 6.33 Å². The Labute approximate surface area is 163 Å². The van der Waals surface area contributed by atoms with Crippen molar-refractivity contribution in [3.8, 4) is 0 Å². The molecule has 2 aliphatic heterocycles. The maximum absolute atomic E-state index is 5.64. The normalized spacial score (nSPS) is 22.2. The number of ether oxygens (including phenoxy) is 1. The van der Waals surface area contributed by atoms with Crippen molar-refractivity contribution in [1.82, 2.24) is 29.4 Å². The van der Waals surface area contributed by atoms with Crippen LogP contribution in [0.1, 0.15) is 59.6 Å². The topological polar surface area (TPSA) is 73.4 Å². The highest BCUT2D eigenvalue weighted by atomic mass is 16.5. The van der Waals surface area contributed by atoms with Crippen LogP contribution in [0.5, 0.6) is 0 Å². The minimum atomic E-state index is 0.328. The number of nitrogens with zero attached hydrogens (tertiary/aromatic N) is 7. The lowest BCUT2D eigenvalue weighted by atomic mass is 10.0. The van der Waals surface area contributed by atoms with Crippen LogP contribution in [0.3, 0.4) is 0 Å². The Balaban J connectivity index is 1.45. The van der Waals surface area contributed by atoms with Crippen molar-refractivity contribution in [3.05, 3.63) is 34.8 Å². The number of hydrogen-bond acceptors (Lipinski definition) is 6. The van der Waals surface area contributed by atoms with Gasteiger partial charge in [-0.2, -0.15) is 10.2 Å². The van der Waals surface area contributed by atoms with Gasteiger partial charge < -0.3 is 9.64 Å². The molecule has 8 heteroatoms. The molecule has 3 aliphatic rings. The lowest BCUT2D eigenvalue weighted by Gasteiger charge is -2.28. The third-order valence-corrected chi connectivity index (χ3v) is 6.43. The molecule has 2 fully saturated rings. The van der Waals surface area contributed by atoms with Gasteiger partial charge in [0.15, 0.2) is 5.82 Å². The summed E-state index contributed by atoms with van der Waals surface area (Å²) in [7, 11) is 2.09. The van der Waals surface area contributed by atoms with E-state index in [0.717, 1.165) is 62.0 Å². The summed E-state index contributed by atoms with van der Waals surface area (Å²) in [6.07, 6.45) is 6.21. The van der Waals surface area contributed by atoms with E-state index in [0.29, 0.717) is 11.8 Å². The standard InChI is InChI=1S/C20H25N7O/c1-12-23-17(14-6-8-28-10-14)19-20(21-11-22-27(12)19)26-7-5-16-15(9-26)18(13-3-4-13)25(2)24-16/h11,13-14H,3-10H2,1-2H3/t14-/m1/s1. The molecule has 1 atom stereocenters. The van der Waals surface area contributed by atoms with Gasteiger partial charge in [0.05, 0.1) is 18.0 Å². The maximum Gasteiger partial charge on any atom is 0.158 e. The molecular formula is C20H25N7O. The Morgan fingerprint density at radius 1 is 1.18 bits per heavy atom. The van der Waals surface area contributed by atoms with E-state index in [2.05, 4.69) is 21.7 Å². The summed E-state index contributed by atoms with van der Waals surface area (Å²) in [5, 5.41) is 9.30. The monoisotopic (exact) mass is 379 g/mol. The summed E-state index contributed by atoms with van der Waals surface area (Å²) in [6, 6.07) is 0. The first-order valence-electron chi connectivity index (χ1n) is 10.3. The zero-order valence-corrected chi connectivity index (χ0v) is 16.4. The summed E-state index contributed by atoms with van der Waals surface area (Å²) < 4.78 is 9.71. The third-order valence-electron chi connectivity index (χ3n) is 6.43. The van der Waals surface area contributed by atoms with Gasteiger partial charge in [0.2, 0.25) is 0 Å². The minimum absolute atomic E-state index is 0.328. The van der Waals surface area contributed by atoms with Crippen LogP contribution < -0.4 is 4.90 Å². The van der Waals surface area contributed by atoms with Crippen LogP contribution in [0.4, 0.5) is 5.82 Å². The average molecular weight is 379 g/mol. The largest absolute Gasteiger partial charge is 0.381 e. The second-order valence-electron chi connectivity index (χ2n) is 8.33. The van der Waals surface area contributed by atoms with Crippen molar-refractivity contribution in [1.29, 1.82) is 0 Å². The SMILES string of the molecule is Cc1nc([C@@H]2CCOC2)c2c(N3CCc4nn(C)c(C5CC5)c4C3)ncnn12. The summed E-state index contributed by atoms with van der Waals surface area (Å²) in [5.74, 6) is 2.93. The van der Waals surface area contributed by atoms with E-state index in [1.807, 2.05) is 11.4 Å². The molecule has 0 aromatic carbocycles. The molecule has 0 radical (unpaired) electrons. The highest BCUT2D eigenvalue weighted by Gasteiger charge is 2.35. The first kappa shape index (κ1) is 16.5. The first-order chi connectivity index (χ1) is 13.7. The third kappa shape index (κ3) is 2.40. The van der Waals surface area contributed by atoms with E-state index < -0.39 is 0 Å². The van der Waals surface area contributed by atoms with E-state index in [1.54, 1.807) is 6.33 Å². The van der Waals surface area contributed by atoms with Gasteiger partial charge in [-0.25, -0.2) is 14.5 Å². The zero-order valence-electron chi connectivity index (χ0n) is 16.4. The molecule has 28 heavy (non-hydrogen) atoms. The Morgan fingerprint density at radius 3 is 2.86 bits per heavy atom. The molecule has 8 nitrogen and oxygen atoms in total. The van der Waals surface area contributed by atoms with Crippen molar-refractivity contribution in [2.45, 2.75) is 51.0 Å². The smallest absolute Gasteiger partial charge is 0.158 e. The second-order valence-corrected chi connectivity index (χ2v) is 8.33. The highest BCUT2D eigenvalue weighted by Crippen LogP contribution is 2.44. The molecule has 0 unspecified atom stereocenters. The number of hydrogen-bond donors (Lipinski definition) is 0. The van der Waals surface area contributed by atoms with Crippen LogP contribution >= 0.6 is 0 Å². The molecule has 146 valence electrons. The summed E-state index contributed by atoms with van der Waals surface area (Å²) >= 11 is 0. The highest BCUT2D eigenvalue weighted by molar-refractivity contribution is 5.73. The Kier molecular flexibility index (Phi) is 3.53. The van der Waals surface area contributed by atoms with E-state index in [-0.39, 0.29) is 0 Å². The van der Waals surface area contributed by atoms with E-state index >= 15 is 0 Å². The van der Waals surface area contributed by atoms with Gasteiger partial charge in [-0.3, -0.25) is 4.68 Å². The number of aryl methyl sites for hydroxylation is 2. The fourth-order valence-corrected chi connectivity index (χ4v) is 4.93. The molecular weight excluding hydrogens is 354 g/mol. The molecule has 5 heterocycles. The van der Waals surface area contributed by atoms with Crippen molar-refractivity contribution in [3.63, 3.8) is 0 Å². The van der Waals surface area contributed by atoms with Crippen molar-refractivity contribution < 1.29 is 4.74 Å². The minimum Gasteiger partial charge on any atom is -0.381 e. The Morgan fingerprint density at radius 2 is 2.07 bits per heavy atom. The summed E-state index contributed by atoms with van der Waals surface area (Å²) in [6.45, 7) is 5.35. The molecule has 3 aromatic heterocycles. The summed E-state index contributed by atoms with van der Waals surface area (Å²) in [5.41, 5.74) is 6.24. The molecule has 3 aromatic rings. The quantitative estimate of drug-likeness (QED) is 0.694. The molecule has 6 rings (SSSR count). The predicted octanol–water partition coefficient (Wildman–Crippen LogP) is 2.11.